The van der Waals surface area contributed by atoms with Crippen molar-refractivity contribution in [2.45, 2.75) is 39.3 Å². The highest BCUT2D eigenvalue weighted by Crippen LogP contribution is 2.31. The molecule has 9 heteroatoms. The maximum atomic E-state index is 12.9. The van der Waals surface area contributed by atoms with Crippen LogP contribution in [0.1, 0.15) is 53.1 Å². The Labute approximate surface area is 194 Å². The summed E-state index contributed by atoms with van der Waals surface area (Å²) < 4.78 is 1.51. The van der Waals surface area contributed by atoms with E-state index in [1.54, 1.807) is 19.3 Å². The van der Waals surface area contributed by atoms with Gasteiger partial charge in [-0.25, -0.2) is 0 Å². The second-order valence-electron chi connectivity index (χ2n) is 9.22. The Balaban J connectivity index is 1.37. The number of carbonyl (C=O) groups excluding carboxylic acids is 3. The zero-order valence-electron chi connectivity index (χ0n) is 19.5. The lowest BCUT2D eigenvalue weighted by Crippen LogP contribution is -2.48. The highest BCUT2D eigenvalue weighted by Gasteiger charge is 2.34. The van der Waals surface area contributed by atoms with Crippen LogP contribution < -0.4 is 10.6 Å². The minimum Gasteiger partial charge on any atom is -0.348 e. The number of aromatic nitrogens is 2. The second kappa shape index (κ2) is 9.74. The molecule has 4 rings (SSSR count). The predicted octanol–water partition coefficient (Wildman–Crippen LogP) is 1.86. The molecule has 9 nitrogen and oxygen atoms in total. The van der Waals surface area contributed by atoms with Crippen LogP contribution in [0.25, 0.3) is 0 Å². The number of piperazine rings is 1. The molecular weight excluding hydrogens is 420 g/mol. The van der Waals surface area contributed by atoms with Crippen LogP contribution in [-0.2, 0) is 18.4 Å². The number of nitrogens with zero attached hydrogens (tertiary/aromatic N) is 4. The Morgan fingerprint density at radius 1 is 1.09 bits per heavy atom. The van der Waals surface area contributed by atoms with Gasteiger partial charge < -0.3 is 15.5 Å². The van der Waals surface area contributed by atoms with Crippen molar-refractivity contribution >= 4 is 23.4 Å². The summed E-state index contributed by atoms with van der Waals surface area (Å²) >= 11 is 0. The van der Waals surface area contributed by atoms with Crippen LogP contribution in [-0.4, -0.2) is 69.5 Å². The van der Waals surface area contributed by atoms with E-state index >= 15 is 0 Å². The Bertz CT molecular complexity index is 1030. The van der Waals surface area contributed by atoms with Crippen LogP contribution in [0.5, 0.6) is 0 Å². The minimum atomic E-state index is -0.325. The average molecular weight is 453 g/mol. The molecule has 2 fully saturated rings. The Morgan fingerprint density at radius 2 is 1.82 bits per heavy atom. The van der Waals surface area contributed by atoms with Gasteiger partial charge in [-0.2, -0.15) is 5.10 Å². The molecular formula is C24H32N6O3. The molecule has 3 amide bonds. The Kier molecular flexibility index (Phi) is 6.78. The topological polar surface area (TPSA) is 99.6 Å². The number of carbonyl (C=O) groups is 3. The van der Waals surface area contributed by atoms with Crippen molar-refractivity contribution < 1.29 is 14.4 Å². The van der Waals surface area contributed by atoms with Gasteiger partial charge >= 0.3 is 0 Å². The quantitative estimate of drug-likeness (QED) is 0.668. The van der Waals surface area contributed by atoms with Crippen molar-refractivity contribution in [1.82, 2.24) is 24.9 Å². The lowest BCUT2D eigenvalue weighted by Gasteiger charge is -2.35. The molecule has 0 bridgehead atoms. The summed E-state index contributed by atoms with van der Waals surface area (Å²) in [6.45, 7) is 7.65. The fraction of sp³-hybridized carbons (Fsp3) is 0.500. The van der Waals surface area contributed by atoms with E-state index in [0.717, 1.165) is 51.1 Å². The predicted molar refractivity (Wildman–Crippen MR) is 125 cm³/mol. The van der Waals surface area contributed by atoms with Crippen molar-refractivity contribution in [1.29, 1.82) is 0 Å². The molecule has 1 aromatic heterocycles. The van der Waals surface area contributed by atoms with Gasteiger partial charge in [-0.05, 0) is 44.4 Å². The van der Waals surface area contributed by atoms with Gasteiger partial charge in [-0.15, -0.1) is 0 Å². The van der Waals surface area contributed by atoms with Gasteiger partial charge in [-0.1, -0.05) is 12.1 Å². The summed E-state index contributed by atoms with van der Waals surface area (Å²) in [6.07, 6.45) is 3.70. The SMILES string of the molecule is CC(C)NC(=O)c1nn(C)cc1NC(=O)c1cccc(CN2CCN(C(=O)C3CC3)CC2)c1. The van der Waals surface area contributed by atoms with Gasteiger partial charge in [0.05, 0.1) is 5.69 Å². The van der Waals surface area contributed by atoms with E-state index in [1.807, 2.05) is 36.9 Å². The van der Waals surface area contributed by atoms with Crippen LogP contribution in [0.2, 0.25) is 0 Å². The minimum absolute atomic E-state index is 0.0339. The van der Waals surface area contributed by atoms with E-state index in [4.69, 9.17) is 0 Å². The number of hydrogen-bond donors (Lipinski definition) is 2. The largest absolute Gasteiger partial charge is 0.348 e. The molecule has 176 valence electrons. The molecule has 2 N–H and O–H groups in total. The number of nitrogens with one attached hydrogen (secondary N) is 2. The summed E-state index contributed by atoms with van der Waals surface area (Å²) in [5.41, 5.74) is 2.12. The first-order valence-corrected chi connectivity index (χ1v) is 11.6. The van der Waals surface area contributed by atoms with Gasteiger partial charge in [0, 0.05) is 63.5 Å². The van der Waals surface area contributed by atoms with E-state index in [1.165, 1.54) is 4.68 Å². The van der Waals surface area contributed by atoms with Crippen molar-refractivity contribution in [2.24, 2.45) is 13.0 Å². The molecule has 2 aliphatic rings. The fourth-order valence-corrected chi connectivity index (χ4v) is 4.06. The summed E-state index contributed by atoms with van der Waals surface area (Å²) in [6, 6.07) is 7.47. The fourth-order valence-electron chi connectivity index (χ4n) is 4.06. The molecule has 0 unspecified atom stereocenters. The molecule has 1 saturated heterocycles. The van der Waals surface area contributed by atoms with Crippen LogP contribution >= 0.6 is 0 Å². The molecule has 1 aliphatic heterocycles. The zero-order valence-corrected chi connectivity index (χ0v) is 19.5. The summed E-state index contributed by atoms with van der Waals surface area (Å²) in [5.74, 6) is -0.0362. The number of rotatable bonds is 7. The van der Waals surface area contributed by atoms with E-state index in [-0.39, 0.29) is 29.5 Å². The first kappa shape index (κ1) is 23.0. The van der Waals surface area contributed by atoms with E-state index < -0.39 is 0 Å². The van der Waals surface area contributed by atoms with E-state index in [0.29, 0.717) is 17.2 Å². The molecule has 0 spiro atoms. The molecule has 2 heterocycles. The Hall–Kier alpha value is -3.20. The highest BCUT2D eigenvalue weighted by atomic mass is 16.2. The first-order valence-electron chi connectivity index (χ1n) is 11.6. The smallest absolute Gasteiger partial charge is 0.274 e. The van der Waals surface area contributed by atoms with Gasteiger partial charge in [0.25, 0.3) is 11.8 Å². The van der Waals surface area contributed by atoms with Crippen LogP contribution in [0, 0.1) is 5.92 Å². The molecule has 33 heavy (non-hydrogen) atoms. The third kappa shape index (κ3) is 5.78. The van der Waals surface area contributed by atoms with Crippen molar-refractivity contribution in [3.8, 4) is 0 Å². The first-order chi connectivity index (χ1) is 15.8. The molecule has 2 aromatic rings. The lowest BCUT2D eigenvalue weighted by atomic mass is 10.1. The number of aryl methyl sites for hydroxylation is 1. The standard InChI is InChI=1S/C24H32N6O3/c1-16(2)25-23(32)21-20(15-28(3)27-21)26-22(31)19-6-4-5-17(13-19)14-29-9-11-30(12-10-29)24(33)18-7-8-18/h4-6,13,15-16,18H,7-12,14H2,1-3H3,(H,25,32)(H,26,31). The van der Waals surface area contributed by atoms with Crippen LogP contribution in [0.3, 0.4) is 0 Å². The summed E-state index contributed by atoms with van der Waals surface area (Å²) in [5, 5.41) is 9.82. The van der Waals surface area contributed by atoms with Gasteiger partial charge in [0.2, 0.25) is 5.91 Å². The van der Waals surface area contributed by atoms with Crippen molar-refractivity contribution in [2.75, 3.05) is 31.5 Å². The number of amides is 3. The number of hydrogen-bond acceptors (Lipinski definition) is 5. The molecule has 1 aliphatic carbocycles. The Morgan fingerprint density at radius 3 is 2.48 bits per heavy atom. The second-order valence-corrected chi connectivity index (χ2v) is 9.22. The molecule has 0 atom stereocenters. The average Bonchev–Trinajstić information content (AvgIpc) is 3.56. The maximum Gasteiger partial charge on any atom is 0.274 e. The van der Waals surface area contributed by atoms with E-state index in [2.05, 4.69) is 20.6 Å². The zero-order chi connectivity index (χ0) is 23.5. The van der Waals surface area contributed by atoms with E-state index in [9.17, 15) is 14.4 Å². The third-order valence-electron chi connectivity index (χ3n) is 5.92. The van der Waals surface area contributed by atoms with Gasteiger partial charge in [-0.3, -0.25) is 24.0 Å². The molecule has 1 aromatic carbocycles. The summed E-state index contributed by atoms with van der Waals surface area (Å²) in [7, 11) is 1.71. The van der Waals surface area contributed by atoms with Crippen molar-refractivity contribution in [3.05, 3.63) is 47.3 Å². The summed E-state index contributed by atoms with van der Waals surface area (Å²) in [4.78, 5) is 41.9. The third-order valence-corrected chi connectivity index (χ3v) is 5.92. The normalized spacial score (nSPS) is 16.7. The molecule has 0 radical (unpaired) electrons. The monoisotopic (exact) mass is 452 g/mol. The number of benzene rings is 1. The van der Waals surface area contributed by atoms with Crippen LogP contribution in [0.15, 0.2) is 30.5 Å². The lowest BCUT2D eigenvalue weighted by molar-refractivity contribution is -0.134. The highest BCUT2D eigenvalue weighted by molar-refractivity contribution is 6.08. The molecule has 1 saturated carbocycles. The van der Waals surface area contributed by atoms with Crippen LogP contribution in [0.4, 0.5) is 5.69 Å². The number of anilines is 1. The van der Waals surface area contributed by atoms with Gasteiger partial charge in [0.15, 0.2) is 5.69 Å². The van der Waals surface area contributed by atoms with Gasteiger partial charge in [0.1, 0.15) is 0 Å². The van der Waals surface area contributed by atoms with Crippen molar-refractivity contribution in [3.63, 3.8) is 0 Å². The maximum absolute atomic E-state index is 12.9.